The molecule has 2 saturated heterocycles. The van der Waals surface area contributed by atoms with Crippen LogP contribution < -0.4 is 5.32 Å². The maximum Gasteiger partial charge on any atom is 0.224 e. The Bertz CT molecular complexity index is 219. The van der Waals surface area contributed by atoms with E-state index in [1.807, 2.05) is 16.7 Å². The zero-order valence-corrected chi connectivity index (χ0v) is 10.9. The van der Waals surface area contributed by atoms with Crippen molar-refractivity contribution in [2.75, 3.05) is 44.4 Å². The molecular weight excluding hydrogens is 248 g/mol. The van der Waals surface area contributed by atoms with Crippen LogP contribution in [0.3, 0.4) is 0 Å². The van der Waals surface area contributed by atoms with Gasteiger partial charge in [-0.3, -0.25) is 4.79 Å². The van der Waals surface area contributed by atoms with E-state index in [9.17, 15) is 4.79 Å². The predicted molar refractivity (Wildman–Crippen MR) is 68.4 cm³/mol. The van der Waals surface area contributed by atoms with Gasteiger partial charge in [0.2, 0.25) is 5.91 Å². The molecule has 4 nitrogen and oxygen atoms in total. The number of nitrogens with zero attached hydrogens (tertiary/aromatic N) is 1. The van der Waals surface area contributed by atoms with E-state index in [0.717, 1.165) is 25.4 Å². The van der Waals surface area contributed by atoms with Crippen molar-refractivity contribution >= 4 is 30.1 Å². The highest BCUT2D eigenvalue weighted by molar-refractivity contribution is 7.99. The fourth-order valence-electron chi connectivity index (χ4n) is 1.90. The topological polar surface area (TPSA) is 41.6 Å². The second kappa shape index (κ2) is 7.37. The normalized spacial score (nSPS) is 26.0. The fraction of sp³-hybridized carbons (Fsp3) is 0.900. The third-order valence-corrected chi connectivity index (χ3v) is 3.91. The van der Waals surface area contributed by atoms with Crippen LogP contribution in [0.15, 0.2) is 0 Å². The van der Waals surface area contributed by atoms with Gasteiger partial charge >= 0.3 is 0 Å². The summed E-state index contributed by atoms with van der Waals surface area (Å²) in [4.78, 5) is 13.8. The zero-order valence-electron chi connectivity index (χ0n) is 9.31. The highest BCUT2D eigenvalue weighted by atomic mass is 35.5. The molecule has 0 radical (unpaired) electrons. The number of hydrogen-bond donors (Lipinski definition) is 1. The summed E-state index contributed by atoms with van der Waals surface area (Å²) in [5.41, 5.74) is 0. The molecule has 2 fully saturated rings. The predicted octanol–water partition coefficient (Wildman–Crippen LogP) is 0.362. The van der Waals surface area contributed by atoms with Gasteiger partial charge in [-0.25, -0.2) is 0 Å². The van der Waals surface area contributed by atoms with E-state index >= 15 is 0 Å². The fourth-order valence-corrected chi connectivity index (χ4v) is 2.85. The molecule has 2 aliphatic rings. The molecule has 1 unspecified atom stereocenters. The van der Waals surface area contributed by atoms with Crippen molar-refractivity contribution in [3.63, 3.8) is 0 Å². The quantitative estimate of drug-likeness (QED) is 0.784. The maximum absolute atomic E-state index is 11.9. The molecule has 0 bridgehead atoms. The van der Waals surface area contributed by atoms with Crippen molar-refractivity contribution in [3.8, 4) is 0 Å². The van der Waals surface area contributed by atoms with Crippen LogP contribution in [-0.2, 0) is 9.53 Å². The van der Waals surface area contributed by atoms with Crippen LogP contribution in [0.4, 0.5) is 0 Å². The molecule has 0 saturated carbocycles. The van der Waals surface area contributed by atoms with E-state index in [2.05, 4.69) is 5.32 Å². The summed E-state index contributed by atoms with van der Waals surface area (Å²) in [7, 11) is 0. The molecular formula is C10H19ClN2O2S. The van der Waals surface area contributed by atoms with Gasteiger partial charge in [0.25, 0.3) is 0 Å². The van der Waals surface area contributed by atoms with Crippen molar-refractivity contribution in [1.29, 1.82) is 0 Å². The third kappa shape index (κ3) is 4.13. The van der Waals surface area contributed by atoms with Crippen LogP contribution in [0, 0.1) is 0 Å². The second-order valence-corrected chi connectivity index (χ2v) is 5.07. The Hall–Kier alpha value is 0.0300. The molecule has 0 aromatic rings. The third-order valence-electron chi connectivity index (χ3n) is 2.78. The average molecular weight is 267 g/mol. The van der Waals surface area contributed by atoms with E-state index in [1.165, 1.54) is 5.75 Å². The lowest BCUT2D eigenvalue weighted by atomic mass is 10.2. The van der Waals surface area contributed by atoms with Crippen molar-refractivity contribution in [1.82, 2.24) is 10.2 Å². The minimum atomic E-state index is 0. The van der Waals surface area contributed by atoms with Crippen molar-refractivity contribution in [2.24, 2.45) is 0 Å². The molecule has 16 heavy (non-hydrogen) atoms. The van der Waals surface area contributed by atoms with Gasteiger partial charge in [0.1, 0.15) is 0 Å². The lowest BCUT2D eigenvalue weighted by Crippen LogP contribution is -2.45. The van der Waals surface area contributed by atoms with E-state index in [-0.39, 0.29) is 18.3 Å². The highest BCUT2D eigenvalue weighted by Gasteiger charge is 2.22. The Balaban J connectivity index is 0.00000128. The summed E-state index contributed by atoms with van der Waals surface area (Å²) in [6.07, 6.45) is 0.646. The van der Waals surface area contributed by atoms with Gasteiger partial charge in [0.05, 0.1) is 13.2 Å². The van der Waals surface area contributed by atoms with E-state index < -0.39 is 0 Å². The minimum Gasteiger partial charge on any atom is -0.378 e. The summed E-state index contributed by atoms with van der Waals surface area (Å²) in [6.45, 7) is 3.94. The lowest BCUT2D eigenvalue weighted by Gasteiger charge is -2.29. The van der Waals surface area contributed by atoms with Crippen molar-refractivity contribution < 1.29 is 9.53 Å². The van der Waals surface area contributed by atoms with Gasteiger partial charge < -0.3 is 15.0 Å². The van der Waals surface area contributed by atoms with Gasteiger partial charge in [-0.1, -0.05) is 0 Å². The molecule has 0 aromatic carbocycles. The standard InChI is InChI=1S/C10H18N2O2S.ClH/c13-10(12-2-4-14-5-3-12)7-9-8-15-6-1-11-9;/h9,11H,1-8H2;1H. The maximum atomic E-state index is 11.9. The second-order valence-electron chi connectivity index (χ2n) is 3.92. The summed E-state index contributed by atoms with van der Waals surface area (Å²) in [6, 6.07) is 0.374. The molecule has 1 atom stereocenters. The van der Waals surface area contributed by atoms with Gasteiger partial charge in [0.15, 0.2) is 0 Å². The number of ether oxygens (including phenoxy) is 1. The Kier molecular flexibility index (Phi) is 6.49. The van der Waals surface area contributed by atoms with Crippen molar-refractivity contribution in [3.05, 3.63) is 0 Å². The molecule has 6 heteroatoms. The Morgan fingerprint density at radius 2 is 2.19 bits per heavy atom. The Morgan fingerprint density at radius 1 is 1.44 bits per heavy atom. The number of carbonyl (C=O) groups is 1. The first kappa shape index (κ1) is 14.1. The van der Waals surface area contributed by atoms with Crippen LogP contribution in [0.2, 0.25) is 0 Å². The molecule has 1 amide bonds. The van der Waals surface area contributed by atoms with Gasteiger partial charge in [-0.2, -0.15) is 11.8 Å². The molecule has 1 N–H and O–H groups in total. The van der Waals surface area contributed by atoms with E-state index in [0.29, 0.717) is 25.7 Å². The van der Waals surface area contributed by atoms with Crippen molar-refractivity contribution in [2.45, 2.75) is 12.5 Å². The molecule has 0 aliphatic carbocycles. The molecule has 94 valence electrons. The Labute approximate surface area is 107 Å². The first-order chi connectivity index (χ1) is 7.36. The van der Waals surface area contributed by atoms with Crippen LogP contribution in [0.1, 0.15) is 6.42 Å². The minimum absolute atomic E-state index is 0. The number of hydrogen-bond acceptors (Lipinski definition) is 4. The lowest BCUT2D eigenvalue weighted by molar-refractivity contribution is -0.135. The number of nitrogens with one attached hydrogen (secondary N) is 1. The summed E-state index contributed by atoms with van der Waals surface area (Å²) in [5.74, 6) is 2.51. The van der Waals surface area contributed by atoms with Gasteiger partial charge in [-0.05, 0) is 0 Å². The number of morpholine rings is 1. The number of thioether (sulfide) groups is 1. The summed E-state index contributed by atoms with van der Waals surface area (Å²) >= 11 is 1.93. The summed E-state index contributed by atoms with van der Waals surface area (Å²) < 4.78 is 5.23. The Morgan fingerprint density at radius 3 is 2.81 bits per heavy atom. The smallest absolute Gasteiger partial charge is 0.224 e. The zero-order chi connectivity index (χ0) is 10.5. The highest BCUT2D eigenvalue weighted by Crippen LogP contribution is 2.12. The number of amides is 1. The SMILES string of the molecule is Cl.O=C(CC1CSCCN1)N1CCOCC1. The number of rotatable bonds is 2. The van der Waals surface area contributed by atoms with Gasteiger partial charge in [-0.15, -0.1) is 12.4 Å². The first-order valence-electron chi connectivity index (χ1n) is 5.53. The van der Waals surface area contributed by atoms with Gasteiger partial charge in [0, 0.05) is 43.6 Å². The molecule has 2 rings (SSSR count). The average Bonchev–Trinajstić information content (AvgIpc) is 2.31. The van der Waals surface area contributed by atoms with E-state index in [1.54, 1.807) is 0 Å². The molecule has 2 heterocycles. The van der Waals surface area contributed by atoms with E-state index in [4.69, 9.17) is 4.74 Å². The molecule has 2 aliphatic heterocycles. The van der Waals surface area contributed by atoms with Crippen LogP contribution in [0.5, 0.6) is 0 Å². The molecule has 0 aromatic heterocycles. The van der Waals surface area contributed by atoms with Crippen LogP contribution in [0.25, 0.3) is 0 Å². The monoisotopic (exact) mass is 266 g/mol. The first-order valence-corrected chi connectivity index (χ1v) is 6.68. The van der Waals surface area contributed by atoms with Crippen LogP contribution >= 0.6 is 24.2 Å². The number of carbonyl (C=O) groups excluding carboxylic acids is 1. The summed E-state index contributed by atoms with van der Waals surface area (Å²) in [5, 5.41) is 3.39. The molecule has 0 spiro atoms. The largest absolute Gasteiger partial charge is 0.378 e. The van der Waals surface area contributed by atoms with Crippen LogP contribution in [-0.4, -0.2) is 61.2 Å². The number of halogens is 1.